The first-order valence-electron chi connectivity index (χ1n) is 4.95. The Labute approximate surface area is 85.3 Å². The predicted molar refractivity (Wildman–Crippen MR) is 62.0 cm³/mol. The van der Waals surface area contributed by atoms with Crippen molar-refractivity contribution in [1.29, 1.82) is 0 Å². The molecule has 0 heterocycles. The van der Waals surface area contributed by atoms with E-state index in [2.05, 4.69) is 43.0 Å². The van der Waals surface area contributed by atoms with Crippen molar-refractivity contribution in [3.8, 4) is 0 Å². The van der Waals surface area contributed by atoms with Gasteiger partial charge in [0.1, 0.15) is 0 Å². The van der Waals surface area contributed by atoms with Crippen molar-refractivity contribution >= 4 is 0 Å². The maximum Gasteiger partial charge on any atom is -0.00229 e. The lowest BCUT2D eigenvalue weighted by atomic mass is 10.0. The lowest BCUT2D eigenvalue weighted by Crippen LogP contribution is -1.84. The third-order valence-electron chi connectivity index (χ3n) is 2.52. The van der Waals surface area contributed by atoms with Crippen LogP contribution in [-0.4, -0.2) is 0 Å². The molecule has 0 fully saturated rings. The van der Waals surface area contributed by atoms with E-state index in [1.54, 1.807) is 0 Å². The number of hydrogen-bond donors (Lipinski definition) is 0. The van der Waals surface area contributed by atoms with Gasteiger partial charge in [-0.2, -0.15) is 0 Å². The van der Waals surface area contributed by atoms with Gasteiger partial charge in [0.2, 0.25) is 0 Å². The summed E-state index contributed by atoms with van der Waals surface area (Å²) < 4.78 is 0. The van der Waals surface area contributed by atoms with Crippen LogP contribution < -0.4 is 0 Å². The zero-order valence-electron chi connectivity index (χ0n) is 8.24. The van der Waals surface area contributed by atoms with Gasteiger partial charge in [-0.25, -0.2) is 0 Å². The van der Waals surface area contributed by atoms with Crippen molar-refractivity contribution in [2.45, 2.75) is 12.8 Å². The lowest BCUT2D eigenvalue weighted by Gasteiger charge is -2.02. The molecule has 0 N–H and O–H groups in total. The van der Waals surface area contributed by atoms with Crippen LogP contribution in [0.3, 0.4) is 0 Å². The van der Waals surface area contributed by atoms with E-state index in [-0.39, 0.29) is 0 Å². The highest BCUT2D eigenvalue weighted by molar-refractivity contribution is 5.49. The molecular weight excluding hydrogens is 168 g/mol. The van der Waals surface area contributed by atoms with Gasteiger partial charge in [0.15, 0.2) is 0 Å². The molecule has 0 nitrogen and oxygen atoms in total. The summed E-state index contributed by atoms with van der Waals surface area (Å²) in [6, 6.07) is 0. The minimum absolute atomic E-state index is 1.07. The van der Waals surface area contributed by atoms with E-state index >= 15 is 0 Å². The summed E-state index contributed by atoms with van der Waals surface area (Å²) in [5, 5.41) is 0. The van der Waals surface area contributed by atoms with Crippen LogP contribution in [0.15, 0.2) is 71.9 Å². The summed E-state index contributed by atoms with van der Waals surface area (Å²) in [4.78, 5) is 0. The van der Waals surface area contributed by atoms with Crippen molar-refractivity contribution < 1.29 is 0 Å². The van der Waals surface area contributed by atoms with E-state index in [4.69, 9.17) is 0 Å². The van der Waals surface area contributed by atoms with Crippen LogP contribution in [0.2, 0.25) is 0 Å². The molecule has 0 saturated carbocycles. The fraction of sp³-hybridized carbons (Fsp3) is 0.143. The fourth-order valence-electron chi connectivity index (χ4n) is 1.76. The highest BCUT2D eigenvalue weighted by atomic mass is 14.2. The smallest absolute Gasteiger partial charge is 0.00229 e. The normalized spacial score (nSPS) is 19.9. The topological polar surface area (TPSA) is 0 Å². The average molecular weight is 182 g/mol. The average Bonchev–Trinajstić information content (AvgIpc) is 2.85. The largest absolute Gasteiger partial charge is 0.0991 e. The van der Waals surface area contributed by atoms with E-state index in [0.717, 1.165) is 12.8 Å². The first-order chi connectivity index (χ1) is 6.90. The summed E-state index contributed by atoms with van der Waals surface area (Å²) in [5.74, 6) is 0. The first kappa shape index (κ1) is 9.01. The molecule has 0 atom stereocenters. The van der Waals surface area contributed by atoms with Crippen molar-refractivity contribution in [3.05, 3.63) is 71.9 Å². The molecule has 2 rings (SSSR count). The molecule has 0 unspecified atom stereocenters. The van der Waals surface area contributed by atoms with Crippen molar-refractivity contribution in [2.24, 2.45) is 0 Å². The van der Waals surface area contributed by atoms with E-state index in [1.165, 1.54) is 16.7 Å². The van der Waals surface area contributed by atoms with Crippen molar-refractivity contribution in [1.82, 2.24) is 0 Å². The Bertz CT molecular complexity index is 384. The van der Waals surface area contributed by atoms with E-state index < -0.39 is 0 Å². The molecular formula is C14H14. The number of hydrogen-bond acceptors (Lipinski definition) is 0. The van der Waals surface area contributed by atoms with Crippen molar-refractivity contribution in [2.75, 3.05) is 0 Å². The molecule has 2 aliphatic rings. The summed E-state index contributed by atoms with van der Waals surface area (Å²) in [5.41, 5.74) is 4.29. The van der Waals surface area contributed by atoms with Gasteiger partial charge in [-0.3, -0.25) is 0 Å². The SMILES string of the molecule is C=CC=CC1=CC=C(C2=CC=CC2)C1. The summed E-state index contributed by atoms with van der Waals surface area (Å²) >= 11 is 0. The lowest BCUT2D eigenvalue weighted by molar-refractivity contribution is 1.15. The van der Waals surface area contributed by atoms with E-state index in [0.29, 0.717) is 0 Å². The zero-order valence-corrected chi connectivity index (χ0v) is 8.24. The predicted octanol–water partition coefficient (Wildman–Crippen LogP) is 3.87. The van der Waals surface area contributed by atoms with Gasteiger partial charge in [-0.15, -0.1) is 0 Å². The Morgan fingerprint density at radius 2 is 2.07 bits per heavy atom. The molecule has 0 aromatic rings. The minimum atomic E-state index is 1.07. The Balaban J connectivity index is 1.97. The summed E-state index contributed by atoms with van der Waals surface area (Å²) in [6.07, 6.45) is 19.0. The molecule has 70 valence electrons. The molecule has 0 amide bonds. The maximum absolute atomic E-state index is 3.67. The Kier molecular flexibility index (Phi) is 2.64. The van der Waals surface area contributed by atoms with Crippen LogP contribution in [-0.2, 0) is 0 Å². The third-order valence-corrected chi connectivity index (χ3v) is 2.52. The molecule has 0 saturated heterocycles. The molecule has 0 aliphatic heterocycles. The number of allylic oxidation sites excluding steroid dienone is 11. The second-order valence-corrected chi connectivity index (χ2v) is 3.53. The standard InChI is InChI=1S/C14H14/c1-2-3-6-12-9-10-14(11-12)13-7-4-5-8-13/h2-7,9-10H,1,8,11H2. The van der Waals surface area contributed by atoms with Gasteiger partial charge in [-0.05, 0) is 29.6 Å². The Hall–Kier alpha value is -1.56. The molecule has 0 radical (unpaired) electrons. The van der Waals surface area contributed by atoms with Crippen LogP contribution in [0.25, 0.3) is 0 Å². The first-order valence-corrected chi connectivity index (χ1v) is 4.95. The molecule has 0 aromatic carbocycles. The van der Waals surface area contributed by atoms with Gasteiger partial charge in [-0.1, -0.05) is 55.2 Å². The quantitative estimate of drug-likeness (QED) is 0.581. The molecule has 0 aromatic heterocycles. The molecule has 14 heavy (non-hydrogen) atoms. The third kappa shape index (κ3) is 1.85. The van der Waals surface area contributed by atoms with Gasteiger partial charge >= 0.3 is 0 Å². The van der Waals surface area contributed by atoms with Gasteiger partial charge in [0, 0.05) is 0 Å². The van der Waals surface area contributed by atoms with E-state index in [9.17, 15) is 0 Å². The van der Waals surface area contributed by atoms with Gasteiger partial charge in [0.05, 0.1) is 0 Å². The monoisotopic (exact) mass is 182 g/mol. The second-order valence-electron chi connectivity index (χ2n) is 3.53. The highest BCUT2D eigenvalue weighted by Crippen LogP contribution is 2.29. The maximum atomic E-state index is 3.67. The molecule has 2 aliphatic carbocycles. The fourth-order valence-corrected chi connectivity index (χ4v) is 1.76. The van der Waals surface area contributed by atoms with Crippen LogP contribution in [0.5, 0.6) is 0 Å². The van der Waals surface area contributed by atoms with Crippen LogP contribution in [0, 0.1) is 0 Å². The molecule has 0 heteroatoms. The van der Waals surface area contributed by atoms with E-state index in [1.807, 2.05) is 12.2 Å². The summed E-state index contributed by atoms with van der Waals surface area (Å²) in [6.45, 7) is 3.67. The number of rotatable bonds is 3. The molecule has 0 bridgehead atoms. The van der Waals surface area contributed by atoms with Gasteiger partial charge in [0.25, 0.3) is 0 Å². The Morgan fingerprint density at radius 1 is 1.14 bits per heavy atom. The van der Waals surface area contributed by atoms with Crippen LogP contribution in [0.4, 0.5) is 0 Å². The Morgan fingerprint density at radius 3 is 2.79 bits per heavy atom. The second kappa shape index (κ2) is 4.10. The van der Waals surface area contributed by atoms with Crippen molar-refractivity contribution in [3.63, 3.8) is 0 Å². The van der Waals surface area contributed by atoms with Crippen LogP contribution >= 0.6 is 0 Å². The minimum Gasteiger partial charge on any atom is -0.0991 e. The zero-order chi connectivity index (χ0) is 9.80. The van der Waals surface area contributed by atoms with Crippen LogP contribution in [0.1, 0.15) is 12.8 Å². The van der Waals surface area contributed by atoms with Gasteiger partial charge < -0.3 is 0 Å². The molecule has 0 spiro atoms. The highest BCUT2D eigenvalue weighted by Gasteiger charge is 2.10. The summed E-state index contributed by atoms with van der Waals surface area (Å²) in [7, 11) is 0.